The van der Waals surface area contributed by atoms with Crippen LogP contribution in [0, 0.1) is 0 Å². The van der Waals surface area contributed by atoms with Crippen LogP contribution < -0.4 is 5.32 Å². The second-order valence-corrected chi connectivity index (χ2v) is 6.25. The zero-order valence-corrected chi connectivity index (χ0v) is 11.7. The lowest BCUT2D eigenvalue weighted by Crippen LogP contribution is -2.47. The van der Waals surface area contributed by atoms with E-state index in [1.54, 1.807) is 0 Å². The largest absolute Gasteiger partial charge is 0.389 e. The van der Waals surface area contributed by atoms with E-state index in [9.17, 15) is 5.11 Å². The van der Waals surface area contributed by atoms with Gasteiger partial charge in [-0.05, 0) is 50.4 Å². The fourth-order valence-corrected chi connectivity index (χ4v) is 3.54. The van der Waals surface area contributed by atoms with Crippen molar-refractivity contribution in [2.75, 3.05) is 19.6 Å². The van der Waals surface area contributed by atoms with Gasteiger partial charge in [0.25, 0.3) is 0 Å². The monoisotopic (exact) mass is 260 g/mol. The van der Waals surface area contributed by atoms with E-state index in [0.717, 1.165) is 45.4 Å². The van der Waals surface area contributed by atoms with Gasteiger partial charge in [0.05, 0.1) is 5.60 Å². The molecule has 104 valence electrons. The van der Waals surface area contributed by atoms with Crippen LogP contribution in [0.3, 0.4) is 0 Å². The standard InChI is InChI=1S/C16H24N2O/c1-16(19)8-4-10-18(12-16)15-7-9-17-11-13-5-2-3-6-14(13)15/h2-3,5-6,15,17,19H,4,7-12H2,1H3. The van der Waals surface area contributed by atoms with Gasteiger partial charge in [0.2, 0.25) is 0 Å². The number of aliphatic hydroxyl groups is 1. The molecule has 2 aliphatic rings. The van der Waals surface area contributed by atoms with Crippen molar-refractivity contribution < 1.29 is 5.11 Å². The Hall–Kier alpha value is -0.900. The number of fused-ring (bicyclic) bond motifs is 1. The third-order valence-electron chi connectivity index (χ3n) is 4.47. The number of nitrogens with one attached hydrogen (secondary N) is 1. The van der Waals surface area contributed by atoms with Crippen LogP contribution in [0.5, 0.6) is 0 Å². The number of β-amino-alcohol motifs (C(OH)–C–C–N with tert-alkyl or cyclic N) is 1. The van der Waals surface area contributed by atoms with E-state index < -0.39 is 5.60 Å². The molecular formula is C16H24N2O. The number of rotatable bonds is 1. The molecule has 1 fully saturated rings. The summed E-state index contributed by atoms with van der Waals surface area (Å²) in [5.41, 5.74) is 2.34. The third kappa shape index (κ3) is 2.83. The first-order valence-corrected chi connectivity index (χ1v) is 7.41. The molecule has 0 spiro atoms. The molecule has 0 bridgehead atoms. The maximum absolute atomic E-state index is 10.3. The average molecular weight is 260 g/mol. The van der Waals surface area contributed by atoms with E-state index in [0.29, 0.717) is 6.04 Å². The summed E-state index contributed by atoms with van der Waals surface area (Å²) in [6.45, 7) is 5.90. The maximum atomic E-state index is 10.3. The number of benzene rings is 1. The summed E-state index contributed by atoms with van der Waals surface area (Å²) in [5.74, 6) is 0. The first-order valence-electron chi connectivity index (χ1n) is 7.41. The molecule has 2 heterocycles. The van der Waals surface area contributed by atoms with Gasteiger partial charge in [-0.3, -0.25) is 4.90 Å². The van der Waals surface area contributed by atoms with Crippen LogP contribution in [0.4, 0.5) is 0 Å². The van der Waals surface area contributed by atoms with E-state index >= 15 is 0 Å². The number of piperidine rings is 1. The Morgan fingerprint density at radius 1 is 1.37 bits per heavy atom. The number of likely N-dealkylation sites (tertiary alicyclic amines) is 1. The maximum Gasteiger partial charge on any atom is 0.0746 e. The van der Waals surface area contributed by atoms with Gasteiger partial charge in [0, 0.05) is 19.1 Å². The average Bonchev–Trinajstić information content (AvgIpc) is 2.59. The highest BCUT2D eigenvalue weighted by Gasteiger charge is 2.33. The first-order chi connectivity index (χ1) is 9.16. The zero-order chi connectivity index (χ0) is 13.3. The predicted molar refractivity (Wildman–Crippen MR) is 76.9 cm³/mol. The summed E-state index contributed by atoms with van der Waals surface area (Å²) in [4.78, 5) is 2.48. The molecule has 2 aliphatic heterocycles. The molecule has 0 aliphatic carbocycles. The van der Waals surface area contributed by atoms with E-state index in [1.165, 1.54) is 11.1 Å². The molecule has 0 amide bonds. The minimum absolute atomic E-state index is 0.456. The highest BCUT2D eigenvalue weighted by molar-refractivity contribution is 5.31. The van der Waals surface area contributed by atoms with E-state index in [2.05, 4.69) is 34.5 Å². The second-order valence-electron chi connectivity index (χ2n) is 6.25. The molecule has 3 rings (SSSR count). The molecule has 1 aromatic carbocycles. The van der Waals surface area contributed by atoms with Gasteiger partial charge in [-0.1, -0.05) is 24.3 Å². The summed E-state index contributed by atoms with van der Waals surface area (Å²) in [6, 6.07) is 9.20. The van der Waals surface area contributed by atoms with Gasteiger partial charge < -0.3 is 10.4 Å². The molecule has 0 saturated carbocycles. The van der Waals surface area contributed by atoms with Crippen LogP contribution in [0.1, 0.15) is 43.4 Å². The number of hydrogen-bond acceptors (Lipinski definition) is 3. The fraction of sp³-hybridized carbons (Fsp3) is 0.625. The Kier molecular flexibility index (Phi) is 3.61. The summed E-state index contributed by atoms with van der Waals surface area (Å²) in [5, 5.41) is 13.8. The van der Waals surface area contributed by atoms with Crippen molar-refractivity contribution in [3.63, 3.8) is 0 Å². The third-order valence-corrected chi connectivity index (χ3v) is 4.47. The lowest BCUT2D eigenvalue weighted by molar-refractivity contribution is -0.0314. The summed E-state index contributed by atoms with van der Waals surface area (Å²) < 4.78 is 0. The van der Waals surface area contributed by atoms with Gasteiger partial charge >= 0.3 is 0 Å². The van der Waals surface area contributed by atoms with Gasteiger partial charge in [0.1, 0.15) is 0 Å². The Morgan fingerprint density at radius 3 is 3.05 bits per heavy atom. The van der Waals surface area contributed by atoms with Crippen molar-refractivity contribution in [2.45, 2.75) is 44.4 Å². The molecule has 2 unspecified atom stereocenters. The van der Waals surface area contributed by atoms with Crippen LogP contribution in [0.2, 0.25) is 0 Å². The summed E-state index contributed by atoms with van der Waals surface area (Å²) in [6.07, 6.45) is 3.16. The Labute approximate surface area is 115 Å². The first kappa shape index (κ1) is 13.1. The van der Waals surface area contributed by atoms with Crippen molar-refractivity contribution in [3.05, 3.63) is 35.4 Å². The quantitative estimate of drug-likeness (QED) is 0.811. The Bertz CT molecular complexity index is 444. The van der Waals surface area contributed by atoms with Gasteiger partial charge in [-0.25, -0.2) is 0 Å². The normalized spacial score (nSPS) is 32.6. The molecule has 3 heteroatoms. The molecule has 1 aromatic rings. The van der Waals surface area contributed by atoms with E-state index in [-0.39, 0.29) is 0 Å². The van der Waals surface area contributed by atoms with Crippen molar-refractivity contribution >= 4 is 0 Å². The van der Waals surface area contributed by atoms with Crippen molar-refractivity contribution in [1.29, 1.82) is 0 Å². The molecular weight excluding hydrogens is 236 g/mol. The van der Waals surface area contributed by atoms with E-state index in [4.69, 9.17) is 0 Å². The molecule has 1 saturated heterocycles. The van der Waals surface area contributed by atoms with Gasteiger partial charge in [-0.15, -0.1) is 0 Å². The van der Waals surface area contributed by atoms with E-state index in [1.807, 2.05) is 6.92 Å². The number of nitrogens with zero attached hydrogens (tertiary/aromatic N) is 1. The highest BCUT2D eigenvalue weighted by Crippen LogP contribution is 2.33. The predicted octanol–water partition coefficient (Wildman–Crippen LogP) is 2.07. The second kappa shape index (κ2) is 5.23. The van der Waals surface area contributed by atoms with Crippen molar-refractivity contribution in [1.82, 2.24) is 10.2 Å². The fourth-order valence-electron chi connectivity index (χ4n) is 3.54. The number of hydrogen-bond donors (Lipinski definition) is 2. The Morgan fingerprint density at radius 2 is 2.21 bits per heavy atom. The van der Waals surface area contributed by atoms with Gasteiger partial charge in [0.15, 0.2) is 0 Å². The Balaban J connectivity index is 1.87. The zero-order valence-electron chi connectivity index (χ0n) is 11.7. The van der Waals surface area contributed by atoms with Crippen LogP contribution in [0.25, 0.3) is 0 Å². The SMILES string of the molecule is CC1(O)CCCN(C2CCNCc3ccccc32)C1. The molecule has 0 radical (unpaired) electrons. The lowest BCUT2D eigenvalue weighted by atomic mass is 9.90. The lowest BCUT2D eigenvalue weighted by Gasteiger charge is -2.41. The van der Waals surface area contributed by atoms with Gasteiger partial charge in [-0.2, -0.15) is 0 Å². The van der Waals surface area contributed by atoms with Crippen molar-refractivity contribution in [2.24, 2.45) is 0 Å². The minimum Gasteiger partial charge on any atom is -0.389 e. The molecule has 3 nitrogen and oxygen atoms in total. The molecule has 2 atom stereocenters. The minimum atomic E-state index is -0.521. The summed E-state index contributed by atoms with van der Waals surface area (Å²) in [7, 11) is 0. The smallest absolute Gasteiger partial charge is 0.0746 e. The molecule has 19 heavy (non-hydrogen) atoms. The van der Waals surface area contributed by atoms with Crippen LogP contribution in [-0.4, -0.2) is 35.2 Å². The molecule has 0 aromatic heterocycles. The highest BCUT2D eigenvalue weighted by atomic mass is 16.3. The topological polar surface area (TPSA) is 35.5 Å². The van der Waals surface area contributed by atoms with Crippen LogP contribution >= 0.6 is 0 Å². The van der Waals surface area contributed by atoms with Crippen LogP contribution in [0.15, 0.2) is 24.3 Å². The van der Waals surface area contributed by atoms with Crippen LogP contribution in [-0.2, 0) is 6.54 Å². The van der Waals surface area contributed by atoms with Crippen molar-refractivity contribution in [3.8, 4) is 0 Å². The molecule has 2 N–H and O–H groups in total. The summed E-state index contributed by atoms with van der Waals surface area (Å²) >= 11 is 0.